The molecule has 0 aromatic heterocycles. The van der Waals surface area contributed by atoms with Gasteiger partial charge in [0.15, 0.2) is 5.96 Å². The van der Waals surface area contributed by atoms with Crippen LogP contribution in [0.3, 0.4) is 0 Å². The third-order valence-corrected chi connectivity index (χ3v) is 4.68. The van der Waals surface area contributed by atoms with Crippen LogP contribution in [0.5, 0.6) is 0 Å². The minimum atomic E-state index is -0.0257. The molecule has 1 unspecified atom stereocenters. The Labute approximate surface area is 197 Å². The predicted molar refractivity (Wildman–Crippen MR) is 137 cm³/mol. The van der Waals surface area contributed by atoms with E-state index >= 15 is 0 Å². The van der Waals surface area contributed by atoms with Crippen molar-refractivity contribution in [1.82, 2.24) is 15.5 Å². The molecule has 0 radical (unpaired) electrons. The molecule has 164 valence electrons. The van der Waals surface area contributed by atoms with Crippen LogP contribution in [0, 0.1) is 0 Å². The maximum Gasteiger partial charge on any atom is 0.243 e. The summed E-state index contributed by atoms with van der Waals surface area (Å²) >= 11 is 0. The van der Waals surface area contributed by atoms with Gasteiger partial charge < -0.3 is 20.4 Å². The number of halogens is 1. The van der Waals surface area contributed by atoms with Gasteiger partial charge in [0.1, 0.15) is 6.54 Å². The second-order valence-corrected chi connectivity index (χ2v) is 7.27. The summed E-state index contributed by atoms with van der Waals surface area (Å²) in [6.45, 7) is 3.90. The summed E-state index contributed by atoms with van der Waals surface area (Å²) in [6.07, 6.45) is 0.952. The average Bonchev–Trinajstić information content (AvgIpc) is 2.75. The van der Waals surface area contributed by atoms with Crippen molar-refractivity contribution in [2.45, 2.75) is 19.4 Å². The highest BCUT2D eigenvalue weighted by Crippen LogP contribution is 2.12. The molecule has 6 nitrogen and oxygen atoms in total. The predicted octanol–water partition coefficient (Wildman–Crippen LogP) is 3.52. The van der Waals surface area contributed by atoms with E-state index in [4.69, 9.17) is 0 Å². The number of guanidine groups is 1. The van der Waals surface area contributed by atoms with Crippen molar-refractivity contribution in [2.75, 3.05) is 45.7 Å². The van der Waals surface area contributed by atoms with Crippen LogP contribution >= 0.6 is 24.0 Å². The lowest BCUT2D eigenvalue weighted by Gasteiger charge is -2.21. The molecule has 2 N–H and O–H groups in total. The fourth-order valence-electron chi connectivity index (χ4n) is 2.81. The van der Waals surface area contributed by atoms with E-state index in [-0.39, 0.29) is 42.5 Å². The maximum atomic E-state index is 11.9. The minimum Gasteiger partial charge on any atom is -0.375 e. The van der Waals surface area contributed by atoms with Gasteiger partial charge in [-0.05, 0) is 31.0 Å². The Hall–Kier alpha value is -2.29. The molecule has 0 heterocycles. The summed E-state index contributed by atoms with van der Waals surface area (Å²) in [5, 5.41) is 6.76. The van der Waals surface area contributed by atoms with Crippen LogP contribution in [0.2, 0.25) is 0 Å². The van der Waals surface area contributed by atoms with E-state index in [9.17, 15) is 4.79 Å². The number of rotatable bonds is 9. The molecular weight excluding hydrogens is 489 g/mol. The van der Waals surface area contributed by atoms with Gasteiger partial charge in [-0.1, -0.05) is 48.5 Å². The van der Waals surface area contributed by atoms with Gasteiger partial charge in [0, 0.05) is 39.9 Å². The van der Waals surface area contributed by atoms with E-state index in [0.29, 0.717) is 5.96 Å². The topological polar surface area (TPSA) is 60.0 Å². The Bertz CT molecular complexity index is 768. The first-order chi connectivity index (χ1) is 14.0. The zero-order valence-corrected chi connectivity index (χ0v) is 20.7. The fraction of sp³-hybridized carbons (Fsp3) is 0.391. The molecule has 1 amide bonds. The van der Waals surface area contributed by atoms with Crippen molar-refractivity contribution in [1.29, 1.82) is 0 Å². The van der Waals surface area contributed by atoms with E-state index in [0.717, 1.165) is 19.5 Å². The van der Waals surface area contributed by atoms with Crippen molar-refractivity contribution in [3.8, 4) is 0 Å². The van der Waals surface area contributed by atoms with Crippen molar-refractivity contribution in [3.63, 3.8) is 0 Å². The third kappa shape index (κ3) is 9.02. The van der Waals surface area contributed by atoms with Gasteiger partial charge in [0.2, 0.25) is 5.91 Å². The van der Waals surface area contributed by atoms with E-state index < -0.39 is 0 Å². The molecule has 0 aliphatic heterocycles. The molecule has 7 heteroatoms. The molecule has 0 fully saturated rings. The standard InChI is InChI=1S/C23H33N5O.HI/c1-19(20-12-7-5-8-13-20)26-23(25-18-22(29)27(2)3)24-16-11-17-28(4)21-14-9-6-10-15-21;/h5-10,12-15,19H,11,16-18H2,1-4H3,(H2,24,25,26);1H. The summed E-state index contributed by atoms with van der Waals surface area (Å²) < 4.78 is 0. The van der Waals surface area contributed by atoms with E-state index in [2.05, 4.69) is 58.8 Å². The number of amides is 1. The number of benzene rings is 2. The number of nitrogens with one attached hydrogen (secondary N) is 2. The van der Waals surface area contributed by atoms with E-state index in [1.807, 2.05) is 36.4 Å². The van der Waals surface area contributed by atoms with Crippen molar-refractivity contribution < 1.29 is 4.79 Å². The zero-order chi connectivity index (χ0) is 21.1. The molecular formula is C23H34IN5O. The Morgan fingerprint density at radius 2 is 1.60 bits per heavy atom. The third-order valence-electron chi connectivity index (χ3n) is 4.68. The number of likely N-dealkylation sites (N-methyl/N-ethyl adjacent to an activating group) is 1. The highest BCUT2D eigenvalue weighted by Gasteiger charge is 2.09. The van der Waals surface area contributed by atoms with Gasteiger partial charge in [-0.3, -0.25) is 4.79 Å². The van der Waals surface area contributed by atoms with E-state index in [1.165, 1.54) is 11.3 Å². The Morgan fingerprint density at radius 3 is 2.20 bits per heavy atom. The van der Waals surface area contributed by atoms with Crippen LogP contribution in [0.4, 0.5) is 5.69 Å². The lowest BCUT2D eigenvalue weighted by Crippen LogP contribution is -2.40. The second kappa shape index (κ2) is 13.8. The highest BCUT2D eigenvalue weighted by atomic mass is 127. The first kappa shape index (κ1) is 25.7. The molecule has 0 saturated carbocycles. The zero-order valence-electron chi connectivity index (χ0n) is 18.3. The van der Waals surface area contributed by atoms with Crippen LogP contribution in [0.25, 0.3) is 0 Å². The molecule has 0 aliphatic rings. The lowest BCUT2D eigenvalue weighted by atomic mass is 10.1. The first-order valence-corrected chi connectivity index (χ1v) is 10.0. The monoisotopic (exact) mass is 523 g/mol. The molecule has 2 rings (SSSR count). The van der Waals surface area contributed by atoms with Crippen LogP contribution in [0.15, 0.2) is 65.7 Å². The molecule has 1 atom stereocenters. The van der Waals surface area contributed by atoms with Crippen molar-refractivity contribution >= 4 is 41.5 Å². The smallest absolute Gasteiger partial charge is 0.243 e. The Kier molecular flexibility index (Phi) is 11.9. The number of para-hydroxylation sites is 1. The molecule has 0 aliphatic carbocycles. The van der Waals surface area contributed by atoms with Crippen LogP contribution in [-0.4, -0.2) is 57.5 Å². The maximum absolute atomic E-state index is 11.9. The van der Waals surface area contributed by atoms with Gasteiger partial charge in [0.25, 0.3) is 0 Å². The van der Waals surface area contributed by atoms with Gasteiger partial charge in [-0.25, -0.2) is 4.99 Å². The largest absolute Gasteiger partial charge is 0.375 e. The molecule has 0 saturated heterocycles. The number of carbonyl (C=O) groups is 1. The Morgan fingerprint density at radius 1 is 1.00 bits per heavy atom. The molecule has 2 aromatic carbocycles. The summed E-state index contributed by atoms with van der Waals surface area (Å²) in [4.78, 5) is 20.2. The molecule has 30 heavy (non-hydrogen) atoms. The van der Waals surface area contributed by atoms with Crippen LogP contribution < -0.4 is 15.5 Å². The number of aliphatic imine (C=N–C) groups is 1. The number of hydrogen-bond acceptors (Lipinski definition) is 3. The van der Waals surface area contributed by atoms with Gasteiger partial charge in [0.05, 0.1) is 6.04 Å². The molecule has 0 bridgehead atoms. The Balaban J connectivity index is 0.00000450. The van der Waals surface area contributed by atoms with E-state index in [1.54, 1.807) is 19.0 Å². The quantitative estimate of drug-likeness (QED) is 0.229. The summed E-state index contributed by atoms with van der Waals surface area (Å²) in [5.74, 6) is 0.626. The molecule has 2 aromatic rings. The van der Waals surface area contributed by atoms with Gasteiger partial charge in [-0.2, -0.15) is 0 Å². The van der Waals surface area contributed by atoms with Gasteiger partial charge >= 0.3 is 0 Å². The summed E-state index contributed by atoms with van der Waals surface area (Å²) in [5.41, 5.74) is 2.37. The van der Waals surface area contributed by atoms with Crippen LogP contribution in [0.1, 0.15) is 24.9 Å². The number of carbonyl (C=O) groups excluding carboxylic acids is 1. The summed E-state index contributed by atoms with van der Waals surface area (Å²) in [7, 11) is 5.57. The number of anilines is 1. The van der Waals surface area contributed by atoms with Crippen LogP contribution in [-0.2, 0) is 4.79 Å². The second-order valence-electron chi connectivity index (χ2n) is 7.27. The van der Waals surface area contributed by atoms with Crippen molar-refractivity contribution in [3.05, 3.63) is 66.2 Å². The average molecular weight is 523 g/mol. The number of nitrogens with zero attached hydrogens (tertiary/aromatic N) is 3. The highest BCUT2D eigenvalue weighted by molar-refractivity contribution is 14.0. The SMILES string of the molecule is CC(NC(=NCC(=O)N(C)C)NCCCN(C)c1ccccc1)c1ccccc1.I. The van der Waals surface area contributed by atoms with Crippen molar-refractivity contribution in [2.24, 2.45) is 4.99 Å². The minimum absolute atomic E-state index is 0. The first-order valence-electron chi connectivity index (χ1n) is 10.0. The number of hydrogen-bond donors (Lipinski definition) is 2. The summed E-state index contributed by atoms with van der Waals surface area (Å²) in [6, 6.07) is 20.6. The van der Waals surface area contributed by atoms with Gasteiger partial charge in [-0.15, -0.1) is 24.0 Å². The lowest BCUT2D eigenvalue weighted by molar-refractivity contribution is -0.127. The normalized spacial score (nSPS) is 11.8. The fourth-order valence-corrected chi connectivity index (χ4v) is 2.81. The molecule has 0 spiro atoms.